The van der Waals surface area contributed by atoms with Crippen LogP contribution in [0.15, 0.2) is 41.2 Å². The first-order chi connectivity index (χ1) is 11.4. The minimum Gasteiger partial charge on any atom is -0.330 e. The van der Waals surface area contributed by atoms with Gasteiger partial charge < -0.3 is 4.90 Å². The predicted octanol–water partition coefficient (Wildman–Crippen LogP) is 2.59. The molecular weight excluding hydrogens is 323 g/mol. The van der Waals surface area contributed by atoms with Crippen LogP contribution >= 0.6 is 0 Å². The summed E-state index contributed by atoms with van der Waals surface area (Å²) in [5, 5.41) is 5.83. The molecule has 1 saturated carbocycles. The summed E-state index contributed by atoms with van der Waals surface area (Å²) < 4.78 is 39.4. The van der Waals surface area contributed by atoms with Crippen LogP contribution in [0.25, 0.3) is 0 Å². The van der Waals surface area contributed by atoms with Gasteiger partial charge in [0.15, 0.2) is 0 Å². The molecule has 0 saturated heterocycles. The monoisotopic (exact) mass is 337 g/mol. The lowest BCUT2D eigenvalue weighted by Crippen LogP contribution is -2.34. The number of hydrogen-bond acceptors (Lipinski definition) is 3. The summed E-state index contributed by atoms with van der Waals surface area (Å²) >= 11 is 0. The maximum absolute atomic E-state index is 13.1. The molecule has 0 aliphatic heterocycles. The number of aromatic nitrogens is 2. The number of benzene rings is 1. The van der Waals surface area contributed by atoms with Crippen molar-refractivity contribution in [1.29, 1.82) is 0 Å². The Kier molecular flexibility index (Phi) is 4.13. The van der Waals surface area contributed by atoms with Gasteiger partial charge in [-0.1, -0.05) is 18.2 Å². The van der Waals surface area contributed by atoms with Crippen molar-refractivity contribution < 1.29 is 18.0 Å². The molecule has 1 aliphatic rings. The standard InChI is InChI=1S/C16H14F3N3O2/c17-16(18,19)12-4-2-1-3-10(12)9-22(11-5-6-11)15(24)13-7-8-14(23)21-20-13/h1-4,7-8,11H,5-6,9H2,(H,21,23). The topological polar surface area (TPSA) is 66.1 Å². The van der Waals surface area contributed by atoms with E-state index in [1.165, 1.54) is 29.2 Å². The number of halogens is 3. The second kappa shape index (κ2) is 6.10. The summed E-state index contributed by atoms with van der Waals surface area (Å²) in [6.45, 7) is -0.153. The van der Waals surface area contributed by atoms with E-state index in [0.717, 1.165) is 25.0 Å². The molecule has 1 amide bonds. The van der Waals surface area contributed by atoms with E-state index in [4.69, 9.17) is 0 Å². The second-order valence-corrected chi connectivity index (χ2v) is 5.63. The molecule has 5 nitrogen and oxygen atoms in total. The molecule has 1 aliphatic carbocycles. The van der Waals surface area contributed by atoms with Crippen LogP contribution in [0, 0.1) is 0 Å². The molecule has 8 heteroatoms. The Morgan fingerprint density at radius 1 is 1.21 bits per heavy atom. The highest BCUT2D eigenvalue weighted by atomic mass is 19.4. The fourth-order valence-corrected chi connectivity index (χ4v) is 2.48. The van der Waals surface area contributed by atoms with Crippen LogP contribution in [-0.4, -0.2) is 27.0 Å². The number of aromatic amines is 1. The zero-order chi connectivity index (χ0) is 17.3. The molecule has 0 atom stereocenters. The average molecular weight is 337 g/mol. The quantitative estimate of drug-likeness (QED) is 0.933. The maximum atomic E-state index is 13.1. The first-order valence-corrected chi connectivity index (χ1v) is 7.38. The molecule has 1 aromatic heterocycles. The summed E-state index contributed by atoms with van der Waals surface area (Å²) in [6, 6.07) is 7.53. The lowest BCUT2D eigenvalue weighted by atomic mass is 10.1. The van der Waals surface area contributed by atoms with Crippen molar-refractivity contribution in [2.24, 2.45) is 0 Å². The number of hydrogen-bond donors (Lipinski definition) is 1. The van der Waals surface area contributed by atoms with Gasteiger partial charge in [-0.25, -0.2) is 5.10 Å². The predicted molar refractivity (Wildman–Crippen MR) is 79.2 cm³/mol. The van der Waals surface area contributed by atoms with Crippen molar-refractivity contribution >= 4 is 5.91 Å². The lowest BCUT2D eigenvalue weighted by Gasteiger charge is -2.24. The first-order valence-electron chi connectivity index (χ1n) is 7.38. The Bertz CT molecular complexity index is 792. The van der Waals surface area contributed by atoms with Crippen molar-refractivity contribution in [1.82, 2.24) is 15.1 Å². The van der Waals surface area contributed by atoms with Gasteiger partial charge in [0.1, 0.15) is 5.69 Å². The van der Waals surface area contributed by atoms with Crippen molar-refractivity contribution in [2.75, 3.05) is 0 Å². The van der Waals surface area contributed by atoms with E-state index in [0.29, 0.717) is 0 Å². The van der Waals surface area contributed by atoms with Gasteiger partial charge >= 0.3 is 6.18 Å². The number of nitrogens with one attached hydrogen (secondary N) is 1. The van der Waals surface area contributed by atoms with Gasteiger partial charge in [-0.2, -0.15) is 18.3 Å². The fourth-order valence-electron chi connectivity index (χ4n) is 2.48. The van der Waals surface area contributed by atoms with Crippen LogP contribution in [-0.2, 0) is 12.7 Å². The summed E-state index contributed by atoms with van der Waals surface area (Å²) in [5.41, 5.74) is -1.16. The van der Waals surface area contributed by atoms with Crippen LogP contribution in [0.2, 0.25) is 0 Å². The molecule has 1 fully saturated rings. The SMILES string of the molecule is O=C(c1ccc(=O)[nH]n1)N(Cc1ccccc1C(F)(F)F)C1CC1. The minimum atomic E-state index is -4.48. The number of alkyl halides is 3. The molecule has 1 heterocycles. The summed E-state index contributed by atoms with van der Waals surface area (Å²) in [5.74, 6) is -0.495. The third-order valence-electron chi connectivity index (χ3n) is 3.81. The number of carbonyl (C=O) groups is 1. The Morgan fingerprint density at radius 2 is 1.92 bits per heavy atom. The summed E-state index contributed by atoms with van der Waals surface area (Å²) in [7, 11) is 0. The molecule has 0 unspecified atom stereocenters. The Hall–Kier alpha value is -2.64. The molecule has 1 N–H and O–H groups in total. The largest absolute Gasteiger partial charge is 0.416 e. The van der Waals surface area contributed by atoms with Gasteiger partial charge in [0.25, 0.3) is 11.5 Å². The molecule has 0 bridgehead atoms. The summed E-state index contributed by atoms with van der Waals surface area (Å²) in [6.07, 6.45) is -3.00. The Balaban J connectivity index is 1.90. The van der Waals surface area contributed by atoms with Gasteiger partial charge in [0.05, 0.1) is 5.56 Å². The molecular formula is C16H14F3N3O2. The van der Waals surface area contributed by atoms with Crippen LogP contribution in [0.1, 0.15) is 34.5 Å². The van der Waals surface area contributed by atoms with Crippen molar-refractivity contribution in [2.45, 2.75) is 31.6 Å². The van der Waals surface area contributed by atoms with Gasteiger partial charge in [-0.3, -0.25) is 9.59 Å². The zero-order valence-electron chi connectivity index (χ0n) is 12.5. The number of amides is 1. The van der Waals surface area contributed by atoms with Crippen molar-refractivity contribution in [3.63, 3.8) is 0 Å². The van der Waals surface area contributed by atoms with Crippen molar-refractivity contribution in [3.05, 3.63) is 63.6 Å². The molecule has 0 radical (unpaired) electrons. The molecule has 126 valence electrons. The van der Waals surface area contributed by atoms with Crippen LogP contribution in [0.3, 0.4) is 0 Å². The van der Waals surface area contributed by atoms with E-state index in [2.05, 4.69) is 10.2 Å². The smallest absolute Gasteiger partial charge is 0.330 e. The highest BCUT2D eigenvalue weighted by molar-refractivity contribution is 5.92. The van der Waals surface area contributed by atoms with Crippen molar-refractivity contribution in [3.8, 4) is 0 Å². The number of nitrogens with zero attached hydrogens (tertiary/aromatic N) is 2. The number of carbonyl (C=O) groups excluding carboxylic acids is 1. The van der Waals surface area contributed by atoms with Gasteiger partial charge in [0, 0.05) is 18.7 Å². The van der Waals surface area contributed by atoms with E-state index in [1.807, 2.05) is 0 Å². The van der Waals surface area contributed by atoms with Crippen LogP contribution in [0.4, 0.5) is 13.2 Å². The van der Waals surface area contributed by atoms with E-state index in [9.17, 15) is 22.8 Å². The molecule has 24 heavy (non-hydrogen) atoms. The van der Waals surface area contributed by atoms with E-state index in [1.54, 1.807) is 0 Å². The molecule has 0 spiro atoms. The van der Waals surface area contributed by atoms with Gasteiger partial charge in [0.2, 0.25) is 0 Å². The van der Waals surface area contributed by atoms with Gasteiger partial charge in [-0.05, 0) is 30.5 Å². The highest BCUT2D eigenvalue weighted by Gasteiger charge is 2.37. The fraction of sp³-hybridized carbons (Fsp3) is 0.312. The maximum Gasteiger partial charge on any atom is 0.416 e. The van der Waals surface area contributed by atoms with E-state index < -0.39 is 23.2 Å². The molecule has 3 rings (SSSR count). The lowest BCUT2D eigenvalue weighted by molar-refractivity contribution is -0.138. The minimum absolute atomic E-state index is 0.00555. The number of rotatable bonds is 4. The Morgan fingerprint density at radius 3 is 2.50 bits per heavy atom. The third-order valence-corrected chi connectivity index (χ3v) is 3.81. The van der Waals surface area contributed by atoms with E-state index >= 15 is 0 Å². The molecule has 1 aromatic carbocycles. The highest BCUT2D eigenvalue weighted by Crippen LogP contribution is 2.35. The third kappa shape index (κ3) is 3.47. The van der Waals surface area contributed by atoms with Crippen LogP contribution in [0.5, 0.6) is 0 Å². The Labute approximate surface area is 135 Å². The second-order valence-electron chi connectivity index (χ2n) is 5.63. The summed E-state index contributed by atoms with van der Waals surface area (Å²) in [4.78, 5) is 25.0. The number of H-pyrrole nitrogens is 1. The zero-order valence-corrected chi connectivity index (χ0v) is 12.5. The van der Waals surface area contributed by atoms with Crippen LogP contribution < -0.4 is 5.56 Å². The van der Waals surface area contributed by atoms with Gasteiger partial charge in [-0.15, -0.1) is 0 Å². The van der Waals surface area contributed by atoms with E-state index in [-0.39, 0.29) is 23.8 Å². The average Bonchev–Trinajstić information content (AvgIpc) is 3.37. The first kappa shape index (κ1) is 16.2. The molecule has 2 aromatic rings. The normalized spacial score (nSPS) is 14.5.